The third kappa shape index (κ3) is 2.63. The van der Waals surface area contributed by atoms with Crippen LogP contribution in [-0.2, 0) is 13.6 Å². The van der Waals surface area contributed by atoms with Gasteiger partial charge in [-0.2, -0.15) is 0 Å². The van der Waals surface area contributed by atoms with E-state index in [1.54, 1.807) is 6.07 Å². The lowest BCUT2D eigenvalue weighted by molar-refractivity contribution is 0.0943. The van der Waals surface area contributed by atoms with E-state index in [0.717, 1.165) is 5.56 Å². The molecule has 2 N–H and O–H groups in total. The molecule has 0 bridgehead atoms. The highest BCUT2D eigenvalue weighted by atomic mass is 16.3. The Bertz CT molecular complexity index is 534. The number of carbonyl (C=O) groups is 1. The van der Waals surface area contributed by atoms with Crippen LogP contribution in [-0.4, -0.2) is 20.6 Å². The minimum Gasteiger partial charge on any atom is -0.505 e. The van der Waals surface area contributed by atoms with Gasteiger partial charge in [-0.1, -0.05) is 0 Å². The quantitative estimate of drug-likeness (QED) is 0.829. The van der Waals surface area contributed by atoms with Crippen molar-refractivity contribution in [3.63, 3.8) is 0 Å². The van der Waals surface area contributed by atoms with E-state index in [-0.39, 0.29) is 17.4 Å². The third-order valence-corrected chi connectivity index (χ3v) is 2.35. The smallest absolute Gasteiger partial charge is 0.274 e. The number of nitrogens with zero attached hydrogens (tertiary/aromatic N) is 2. The molecule has 0 aliphatic rings. The van der Waals surface area contributed by atoms with Gasteiger partial charge in [0.25, 0.3) is 5.91 Å². The lowest BCUT2D eigenvalue weighted by Gasteiger charge is -2.04. The van der Waals surface area contributed by atoms with Crippen LogP contribution in [0.1, 0.15) is 16.1 Å². The van der Waals surface area contributed by atoms with Gasteiger partial charge < -0.3 is 15.0 Å². The third-order valence-electron chi connectivity index (χ3n) is 2.35. The Morgan fingerprint density at radius 2 is 2.35 bits per heavy atom. The Morgan fingerprint density at radius 3 is 3.00 bits per heavy atom. The minimum absolute atomic E-state index is 0.0448. The first-order chi connectivity index (χ1) is 8.16. The maximum absolute atomic E-state index is 11.7. The van der Waals surface area contributed by atoms with Crippen molar-refractivity contribution >= 4 is 5.91 Å². The van der Waals surface area contributed by atoms with Gasteiger partial charge >= 0.3 is 0 Å². The summed E-state index contributed by atoms with van der Waals surface area (Å²) in [6.45, 7) is 0.412. The molecule has 2 heterocycles. The minimum atomic E-state index is -0.382. The predicted octanol–water partition coefficient (Wildman–Crippen LogP) is 1.06. The number of carbonyl (C=O) groups excluding carboxylic acids is 1. The van der Waals surface area contributed by atoms with Crippen molar-refractivity contribution < 1.29 is 9.90 Å². The van der Waals surface area contributed by atoms with E-state index in [4.69, 9.17) is 0 Å². The molecule has 17 heavy (non-hydrogen) atoms. The van der Waals surface area contributed by atoms with Crippen molar-refractivity contribution in [2.24, 2.45) is 7.05 Å². The number of aryl methyl sites for hydroxylation is 1. The fraction of sp³-hybridized carbons (Fsp3) is 0.167. The lowest BCUT2D eigenvalue weighted by atomic mass is 10.3. The van der Waals surface area contributed by atoms with E-state index < -0.39 is 0 Å². The van der Waals surface area contributed by atoms with Crippen molar-refractivity contribution in [3.05, 3.63) is 48.0 Å². The molecule has 0 aliphatic carbocycles. The van der Waals surface area contributed by atoms with Crippen LogP contribution < -0.4 is 5.32 Å². The molecule has 5 heteroatoms. The van der Waals surface area contributed by atoms with Crippen molar-refractivity contribution in [2.45, 2.75) is 6.54 Å². The standard InChI is InChI=1S/C12H13N3O2/c1-15-6-4-9(8-15)7-14-12(17)11-10(16)3-2-5-13-11/h2-6,8,16H,7H2,1H3,(H,14,17). The maximum atomic E-state index is 11.7. The molecule has 0 atom stereocenters. The average Bonchev–Trinajstić information content (AvgIpc) is 2.73. The SMILES string of the molecule is Cn1ccc(CNC(=O)c2ncccc2O)c1. The summed E-state index contributed by atoms with van der Waals surface area (Å²) in [6.07, 6.45) is 5.29. The predicted molar refractivity (Wildman–Crippen MR) is 62.5 cm³/mol. The number of hydrogen-bond donors (Lipinski definition) is 2. The summed E-state index contributed by atoms with van der Waals surface area (Å²) in [5, 5.41) is 12.1. The van der Waals surface area contributed by atoms with E-state index in [0.29, 0.717) is 6.54 Å². The molecule has 0 saturated carbocycles. The second-order valence-corrected chi connectivity index (χ2v) is 3.74. The van der Waals surface area contributed by atoms with Crippen LogP contribution in [0, 0.1) is 0 Å². The highest BCUT2D eigenvalue weighted by Crippen LogP contribution is 2.12. The number of amides is 1. The van der Waals surface area contributed by atoms with Crippen LogP contribution in [0.15, 0.2) is 36.8 Å². The molecule has 0 spiro atoms. The number of hydrogen-bond acceptors (Lipinski definition) is 3. The van der Waals surface area contributed by atoms with E-state index in [1.807, 2.05) is 30.1 Å². The van der Waals surface area contributed by atoms with Gasteiger partial charge in [-0.3, -0.25) is 4.79 Å². The number of aromatic nitrogens is 2. The van der Waals surface area contributed by atoms with Crippen molar-refractivity contribution in [1.29, 1.82) is 0 Å². The lowest BCUT2D eigenvalue weighted by Crippen LogP contribution is -2.23. The van der Waals surface area contributed by atoms with Crippen molar-refractivity contribution in [1.82, 2.24) is 14.9 Å². The zero-order chi connectivity index (χ0) is 12.3. The summed E-state index contributed by atoms with van der Waals surface area (Å²) >= 11 is 0. The molecule has 0 fully saturated rings. The molecule has 2 aromatic heterocycles. The highest BCUT2D eigenvalue weighted by molar-refractivity contribution is 5.94. The molecule has 1 amide bonds. The van der Waals surface area contributed by atoms with Crippen LogP contribution in [0.25, 0.3) is 0 Å². The molecule has 88 valence electrons. The van der Waals surface area contributed by atoms with Crippen molar-refractivity contribution in [3.8, 4) is 5.75 Å². The zero-order valence-corrected chi connectivity index (χ0v) is 9.42. The summed E-state index contributed by atoms with van der Waals surface area (Å²) in [5.41, 5.74) is 1.04. The molecule has 2 aromatic rings. The van der Waals surface area contributed by atoms with Crippen LogP contribution >= 0.6 is 0 Å². The summed E-state index contributed by atoms with van der Waals surface area (Å²) in [6, 6.07) is 4.92. The highest BCUT2D eigenvalue weighted by Gasteiger charge is 2.11. The molecule has 0 unspecified atom stereocenters. The van der Waals surface area contributed by atoms with E-state index in [2.05, 4.69) is 10.3 Å². The molecule has 2 rings (SSSR count). The van der Waals surface area contributed by atoms with Crippen LogP contribution in [0.5, 0.6) is 5.75 Å². The summed E-state index contributed by atoms with van der Waals surface area (Å²) < 4.78 is 1.90. The molecule has 0 aromatic carbocycles. The first kappa shape index (κ1) is 11.2. The summed E-state index contributed by atoms with van der Waals surface area (Å²) in [5.74, 6) is -0.495. The molecular weight excluding hydrogens is 218 g/mol. The Labute approximate surface area is 98.7 Å². The van der Waals surface area contributed by atoms with Gasteiger partial charge in [-0.05, 0) is 23.8 Å². The topological polar surface area (TPSA) is 67.2 Å². The second kappa shape index (κ2) is 4.69. The van der Waals surface area contributed by atoms with Gasteiger partial charge in [0.1, 0.15) is 5.75 Å². The molecule has 0 aliphatic heterocycles. The first-order valence-corrected chi connectivity index (χ1v) is 5.20. The fourth-order valence-corrected chi connectivity index (χ4v) is 1.50. The Balaban J connectivity index is 2.01. The summed E-state index contributed by atoms with van der Waals surface area (Å²) in [7, 11) is 1.91. The van der Waals surface area contributed by atoms with E-state index in [9.17, 15) is 9.90 Å². The van der Waals surface area contributed by atoms with Gasteiger partial charge in [-0.15, -0.1) is 0 Å². The Kier molecular flexibility index (Phi) is 3.09. The number of aromatic hydroxyl groups is 1. The fourth-order valence-electron chi connectivity index (χ4n) is 1.50. The monoisotopic (exact) mass is 231 g/mol. The van der Waals surface area contributed by atoms with Gasteiger partial charge in [0.15, 0.2) is 5.69 Å². The van der Waals surface area contributed by atoms with E-state index >= 15 is 0 Å². The van der Waals surface area contributed by atoms with Crippen LogP contribution in [0.2, 0.25) is 0 Å². The number of nitrogens with one attached hydrogen (secondary N) is 1. The van der Waals surface area contributed by atoms with Gasteiger partial charge in [0, 0.05) is 32.2 Å². The van der Waals surface area contributed by atoms with Crippen molar-refractivity contribution in [2.75, 3.05) is 0 Å². The normalized spacial score (nSPS) is 10.2. The number of rotatable bonds is 3. The maximum Gasteiger partial charge on any atom is 0.274 e. The Hall–Kier alpha value is -2.30. The molecule has 0 radical (unpaired) electrons. The second-order valence-electron chi connectivity index (χ2n) is 3.74. The summed E-state index contributed by atoms with van der Waals surface area (Å²) in [4.78, 5) is 15.5. The van der Waals surface area contributed by atoms with Gasteiger partial charge in [-0.25, -0.2) is 4.98 Å². The Morgan fingerprint density at radius 1 is 1.53 bits per heavy atom. The molecule has 5 nitrogen and oxygen atoms in total. The molecule has 0 saturated heterocycles. The number of pyridine rings is 1. The first-order valence-electron chi connectivity index (χ1n) is 5.20. The van der Waals surface area contributed by atoms with Gasteiger partial charge in [0.2, 0.25) is 0 Å². The van der Waals surface area contributed by atoms with Crippen LogP contribution in [0.4, 0.5) is 0 Å². The molecular formula is C12H13N3O2. The zero-order valence-electron chi connectivity index (χ0n) is 9.42. The largest absolute Gasteiger partial charge is 0.505 e. The average molecular weight is 231 g/mol. The van der Waals surface area contributed by atoms with Gasteiger partial charge in [0.05, 0.1) is 0 Å². The van der Waals surface area contributed by atoms with Crippen LogP contribution in [0.3, 0.4) is 0 Å². The van der Waals surface area contributed by atoms with E-state index in [1.165, 1.54) is 12.3 Å².